The van der Waals surface area contributed by atoms with E-state index in [0.29, 0.717) is 12.1 Å². The van der Waals surface area contributed by atoms with Gasteiger partial charge in [-0.2, -0.15) is 4.98 Å². The number of hydrogen-bond donors (Lipinski definition) is 0. The minimum Gasteiger partial charge on any atom is -0.423 e. The number of benzene rings is 1. The van der Waals surface area contributed by atoms with Crippen LogP contribution in [0.25, 0.3) is 11.1 Å². The zero-order chi connectivity index (χ0) is 12.5. The zero-order valence-corrected chi connectivity index (χ0v) is 11.2. The fraction of sp³-hybridized carbons (Fsp3) is 0.500. The number of alkyl halides is 1. The molecule has 1 fully saturated rings. The average molecular weight is 265 g/mol. The summed E-state index contributed by atoms with van der Waals surface area (Å²) in [5.41, 5.74) is 1.74. The van der Waals surface area contributed by atoms with E-state index in [1.54, 1.807) is 0 Å². The first-order chi connectivity index (χ1) is 8.75. The van der Waals surface area contributed by atoms with Crippen molar-refractivity contribution in [2.24, 2.45) is 0 Å². The fourth-order valence-electron chi connectivity index (χ4n) is 2.66. The van der Waals surface area contributed by atoms with Crippen LogP contribution in [0.3, 0.4) is 0 Å². The summed E-state index contributed by atoms with van der Waals surface area (Å²) in [5, 5.41) is 0.193. The quantitative estimate of drug-likeness (QED) is 0.773. The Labute approximate surface area is 112 Å². The molecule has 2 aromatic rings. The van der Waals surface area contributed by atoms with E-state index in [4.69, 9.17) is 16.0 Å². The van der Waals surface area contributed by atoms with Crippen molar-refractivity contribution in [3.05, 3.63) is 24.3 Å². The van der Waals surface area contributed by atoms with Gasteiger partial charge in [0.25, 0.3) is 6.01 Å². The molecule has 0 N–H and O–H groups in total. The highest BCUT2D eigenvalue weighted by molar-refractivity contribution is 6.21. The molecule has 3 rings (SSSR count). The Morgan fingerprint density at radius 3 is 2.83 bits per heavy atom. The van der Waals surface area contributed by atoms with Crippen LogP contribution in [0.1, 0.15) is 25.7 Å². The van der Waals surface area contributed by atoms with Crippen molar-refractivity contribution < 1.29 is 4.42 Å². The molecule has 18 heavy (non-hydrogen) atoms. The summed E-state index contributed by atoms with van der Waals surface area (Å²) in [4.78, 5) is 6.62. The van der Waals surface area contributed by atoms with Crippen LogP contribution >= 0.6 is 11.6 Å². The normalized spacial score (nSPS) is 24.3. The predicted molar refractivity (Wildman–Crippen MR) is 74.3 cm³/mol. The van der Waals surface area contributed by atoms with Gasteiger partial charge in [-0.05, 0) is 25.0 Å². The molecule has 1 saturated carbocycles. The average Bonchev–Trinajstić information content (AvgIpc) is 2.82. The molecule has 0 saturated heterocycles. The minimum absolute atomic E-state index is 0.193. The van der Waals surface area contributed by atoms with Crippen molar-refractivity contribution in [3.8, 4) is 0 Å². The Bertz CT molecular complexity index is 506. The molecule has 2 unspecified atom stereocenters. The Hall–Kier alpha value is -1.22. The molecule has 3 nitrogen and oxygen atoms in total. The topological polar surface area (TPSA) is 29.3 Å². The Balaban J connectivity index is 1.88. The first-order valence-electron chi connectivity index (χ1n) is 6.48. The van der Waals surface area contributed by atoms with Crippen molar-refractivity contribution >= 4 is 28.7 Å². The maximum Gasteiger partial charge on any atom is 0.298 e. The van der Waals surface area contributed by atoms with Crippen molar-refractivity contribution in [1.82, 2.24) is 4.98 Å². The highest BCUT2D eigenvalue weighted by Gasteiger charge is 2.29. The van der Waals surface area contributed by atoms with Crippen molar-refractivity contribution in [1.29, 1.82) is 0 Å². The van der Waals surface area contributed by atoms with Crippen molar-refractivity contribution in [2.75, 3.05) is 11.9 Å². The second-order valence-corrected chi connectivity index (χ2v) is 5.50. The first kappa shape index (κ1) is 11.8. The summed E-state index contributed by atoms with van der Waals surface area (Å²) in [6.45, 7) is 0. The van der Waals surface area contributed by atoms with E-state index in [-0.39, 0.29) is 5.38 Å². The molecule has 0 amide bonds. The molecular formula is C14H17ClN2O. The number of aromatic nitrogens is 1. The molecular weight excluding hydrogens is 248 g/mol. The number of hydrogen-bond acceptors (Lipinski definition) is 3. The number of para-hydroxylation sites is 2. The molecule has 0 spiro atoms. The minimum atomic E-state index is 0.193. The van der Waals surface area contributed by atoms with Crippen LogP contribution in [0, 0.1) is 0 Å². The van der Waals surface area contributed by atoms with Gasteiger partial charge in [0.05, 0.1) is 5.38 Å². The summed E-state index contributed by atoms with van der Waals surface area (Å²) >= 11 is 6.42. The molecule has 4 heteroatoms. The highest BCUT2D eigenvalue weighted by atomic mass is 35.5. The van der Waals surface area contributed by atoms with E-state index < -0.39 is 0 Å². The van der Waals surface area contributed by atoms with Gasteiger partial charge in [0.2, 0.25) is 0 Å². The summed E-state index contributed by atoms with van der Waals surface area (Å²) in [6, 6.07) is 8.85. The van der Waals surface area contributed by atoms with Gasteiger partial charge in [-0.3, -0.25) is 0 Å². The Morgan fingerprint density at radius 2 is 2.06 bits per heavy atom. The largest absolute Gasteiger partial charge is 0.423 e. The maximum atomic E-state index is 6.42. The molecule has 0 radical (unpaired) electrons. The summed E-state index contributed by atoms with van der Waals surface area (Å²) < 4.78 is 5.79. The van der Waals surface area contributed by atoms with E-state index in [9.17, 15) is 0 Å². The lowest BCUT2D eigenvalue weighted by atomic mass is 9.94. The van der Waals surface area contributed by atoms with Gasteiger partial charge < -0.3 is 9.32 Å². The lowest BCUT2D eigenvalue weighted by Crippen LogP contribution is -2.41. The Morgan fingerprint density at radius 1 is 1.28 bits per heavy atom. The SMILES string of the molecule is CN(c1nc2ccccc2o1)C1CCCCC1Cl. The maximum absolute atomic E-state index is 6.42. The van der Waals surface area contributed by atoms with Gasteiger partial charge in [0.15, 0.2) is 5.58 Å². The van der Waals surface area contributed by atoms with Crippen LogP contribution in [0.5, 0.6) is 0 Å². The van der Waals surface area contributed by atoms with Crippen LogP contribution < -0.4 is 4.90 Å². The van der Waals surface area contributed by atoms with Gasteiger partial charge in [-0.1, -0.05) is 25.0 Å². The van der Waals surface area contributed by atoms with Gasteiger partial charge in [0.1, 0.15) is 5.52 Å². The van der Waals surface area contributed by atoms with Crippen LogP contribution in [-0.2, 0) is 0 Å². The third-order valence-corrected chi connectivity index (χ3v) is 4.24. The predicted octanol–water partition coefficient (Wildman–Crippen LogP) is 3.81. The highest BCUT2D eigenvalue weighted by Crippen LogP contribution is 2.30. The third kappa shape index (κ3) is 2.07. The number of anilines is 1. The lowest BCUT2D eigenvalue weighted by Gasteiger charge is -2.33. The second kappa shape index (κ2) is 4.81. The number of halogens is 1. The van der Waals surface area contributed by atoms with E-state index in [1.807, 2.05) is 31.3 Å². The summed E-state index contributed by atoms with van der Waals surface area (Å²) in [6.07, 6.45) is 4.66. The standard InChI is InChI=1S/C14H17ClN2O/c1-17(12-8-4-2-6-10(12)15)14-16-11-7-3-5-9-13(11)18-14/h3,5,7,9-10,12H,2,4,6,8H2,1H3. The Kier molecular flexibility index (Phi) is 3.16. The molecule has 1 aromatic heterocycles. The monoisotopic (exact) mass is 264 g/mol. The van der Waals surface area contributed by atoms with Crippen LogP contribution in [-0.4, -0.2) is 23.5 Å². The second-order valence-electron chi connectivity index (χ2n) is 4.94. The fourth-order valence-corrected chi connectivity index (χ4v) is 3.10. The molecule has 1 heterocycles. The molecule has 1 aliphatic carbocycles. The summed E-state index contributed by atoms with van der Waals surface area (Å²) in [5.74, 6) is 0. The molecule has 96 valence electrons. The van der Waals surface area contributed by atoms with Crippen molar-refractivity contribution in [2.45, 2.75) is 37.1 Å². The van der Waals surface area contributed by atoms with E-state index in [2.05, 4.69) is 9.88 Å². The molecule has 1 aromatic carbocycles. The first-order valence-corrected chi connectivity index (χ1v) is 6.92. The van der Waals surface area contributed by atoms with Gasteiger partial charge in [-0.25, -0.2) is 0 Å². The molecule has 0 bridgehead atoms. The molecule has 1 aliphatic rings. The molecule has 2 atom stereocenters. The number of rotatable bonds is 2. The zero-order valence-electron chi connectivity index (χ0n) is 10.5. The van der Waals surface area contributed by atoms with Gasteiger partial charge >= 0.3 is 0 Å². The number of fused-ring (bicyclic) bond motifs is 1. The van der Waals surface area contributed by atoms with Gasteiger partial charge in [-0.15, -0.1) is 11.6 Å². The number of nitrogens with zero attached hydrogens (tertiary/aromatic N) is 2. The third-order valence-electron chi connectivity index (χ3n) is 3.73. The van der Waals surface area contributed by atoms with Gasteiger partial charge in [0, 0.05) is 13.1 Å². The van der Waals surface area contributed by atoms with Crippen LogP contribution in [0.4, 0.5) is 6.01 Å². The van der Waals surface area contributed by atoms with E-state index >= 15 is 0 Å². The number of oxazole rings is 1. The smallest absolute Gasteiger partial charge is 0.298 e. The van der Waals surface area contributed by atoms with E-state index in [0.717, 1.165) is 23.9 Å². The van der Waals surface area contributed by atoms with Crippen LogP contribution in [0.15, 0.2) is 28.7 Å². The van der Waals surface area contributed by atoms with Crippen LogP contribution in [0.2, 0.25) is 0 Å². The lowest BCUT2D eigenvalue weighted by molar-refractivity contribution is 0.415. The van der Waals surface area contributed by atoms with Crippen molar-refractivity contribution in [3.63, 3.8) is 0 Å². The van der Waals surface area contributed by atoms with E-state index in [1.165, 1.54) is 12.8 Å². The molecule has 0 aliphatic heterocycles. The summed E-state index contributed by atoms with van der Waals surface area (Å²) in [7, 11) is 2.02.